The smallest absolute Gasteiger partial charge is 0.231 e. The van der Waals surface area contributed by atoms with Crippen molar-refractivity contribution in [1.29, 1.82) is 0 Å². The lowest BCUT2D eigenvalue weighted by Crippen LogP contribution is -2.32. The molecule has 180 valence electrons. The van der Waals surface area contributed by atoms with Crippen molar-refractivity contribution in [1.82, 2.24) is 0 Å². The summed E-state index contributed by atoms with van der Waals surface area (Å²) in [5.41, 5.74) is 2.99. The van der Waals surface area contributed by atoms with Gasteiger partial charge in [-0.05, 0) is 60.2 Å². The van der Waals surface area contributed by atoms with Crippen LogP contribution in [-0.2, 0) is 6.54 Å². The lowest BCUT2D eigenvalue weighted by molar-refractivity contribution is 0.101. The Bertz CT molecular complexity index is 1290. The second-order valence-electron chi connectivity index (χ2n) is 7.99. The van der Waals surface area contributed by atoms with Crippen LogP contribution >= 0.6 is 0 Å². The zero-order chi connectivity index (χ0) is 24.5. The van der Waals surface area contributed by atoms with Crippen molar-refractivity contribution >= 4 is 17.5 Å². The van der Waals surface area contributed by atoms with Crippen LogP contribution < -0.4 is 33.3 Å². The molecule has 0 N–H and O–H groups in total. The molecule has 2 heterocycles. The molecule has 35 heavy (non-hydrogen) atoms. The summed E-state index contributed by atoms with van der Waals surface area (Å²) in [7, 11) is 6.26. The van der Waals surface area contributed by atoms with Crippen LogP contribution in [0.1, 0.15) is 21.5 Å². The Morgan fingerprint density at radius 2 is 1.60 bits per heavy atom. The highest BCUT2D eigenvalue weighted by Crippen LogP contribution is 2.44. The molecule has 0 aromatic heterocycles. The Labute approximate surface area is 203 Å². The molecule has 0 fully saturated rings. The number of anilines is 1. The molecule has 0 unspecified atom stereocenters. The van der Waals surface area contributed by atoms with Crippen LogP contribution in [0.4, 0.5) is 5.69 Å². The minimum Gasteiger partial charge on any atom is -0.497 e. The quantitative estimate of drug-likeness (QED) is 0.475. The van der Waals surface area contributed by atoms with Crippen molar-refractivity contribution in [2.45, 2.75) is 6.54 Å². The van der Waals surface area contributed by atoms with Crippen molar-refractivity contribution in [3.63, 3.8) is 0 Å². The maximum Gasteiger partial charge on any atom is 0.231 e. The molecule has 8 heteroatoms. The molecule has 0 saturated heterocycles. The molecule has 0 bridgehead atoms. The van der Waals surface area contributed by atoms with E-state index in [4.69, 9.17) is 28.4 Å². The average molecular weight is 475 g/mol. The molecule has 0 atom stereocenters. The van der Waals surface area contributed by atoms with Gasteiger partial charge in [0.15, 0.2) is 24.0 Å². The highest BCUT2D eigenvalue weighted by Gasteiger charge is 2.34. The maximum atomic E-state index is 13.2. The number of nitrogens with zero attached hydrogens (tertiary/aromatic N) is 1. The van der Waals surface area contributed by atoms with Crippen molar-refractivity contribution < 1.29 is 33.2 Å². The third-order valence-electron chi connectivity index (χ3n) is 6.05. The van der Waals surface area contributed by atoms with Gasteiger partial charge in [0.1, 0.15) is 17.2 Å². The van der Waals surface area contributed by atoms with E-state index in [2.05, 4.69) is 4.90 Å². The number of ketones is 1. The molecule has 2 aliphatic heterocycles. The van der Waals surface area contributed by atoms with E-state index >= 15 is 0 Å². The molecule has 0 amide bonds. The molecule has 0 radical (unpaired) electrons. The van der Waals surface area contributed by atoms with E-state index in [0.717, 1.165) is 17.0 Å². The lowest BCUT2D eigenvalue weighted by atomic mass is 10.0. The number of carbonyl (C=O) groups is 1. The SMILES string of the molecule is COc1ccc(N2COc3ccc4c(c3C2)O/C(=C\c2cc(OC)c(OC)c(OC)c2)C4=O)cc1. The summed E-state index contributed by atoms with van der Waals surface area (Å²) < 4.78 is 33.6. The third kappa shape index (κ3) is 3.97. The van der Waals surface area contributed by atoms with Crippen LogP contribution in [0.3, 0.4) is 0 Å². The summed E-state index contributed by atoms with van der Waals surface area (Å²) in [4.78, 5) is 15.3. The summed E-state index contributed by atoms with van der Waals surface area (Å²) in [6, 6.07) is 14.8. The molecule has 0 saturated carbocycles. The van der Waals surface area contributed by atoms with Gasteiger partial charge in [-0.1, -0.05) is 0 Å². The molecule has 3 aromatic rings. The van der Waals surface area contributed by atoms with E-state index in [9.17, 15) is 4.79 Å². The first-order chi connectivity index (χ1) is 17.1. The molecule has 0 aliphatic carbocycles. The lowest BCUT2D eigenvalue weighted by Gasteiger charge is -2.31. The molecule has 3 aromatic carbocycles. The Kier molecular flexibility index (Phi) is 5.86. The van der Waals surface area contributed by atoms with Crippen molar-refractivity contribution in [2.75, 3.05) is 40.1 Å². The molecule has 0 spiro atoms. The highest BCUT2D eigenvalue weighted by molar-refractivity contribution is 6.15. The normalized spacial score (nSPS) is 15.1. The number of carbonyl (C=O) groups excluding carboxylic acids is 1. The van der Waals surface area contributed by atoms with E-state index in [1.54, 1.807) is 52.7 Å². The van der Waals surface area contributed by atoms with Gasteiger partial charge in [0.2, 0.25) is 11.5 Å². The molecule has 8 nitrogen and oxygen atoms in total. The van der Waals surface area contributed by atoms with Gasteiger partial charge < -0.3 is 33.3 Å². The summed E-state index contributed by atoms with van der Waals surface area (Å²) in [6.45, 7) is 0.926. The van der Waals surface area contributed by atoms with Gasteiger partial charge in [0, 0.05) is 5.69 Å². The summed E-state index contributed by atoms with van der Waals surface area (Å²) >= 11 is 0. The van der Waals surface area contributed by atoms with E-state index in [1.165, 1.54) is 0 Å². The van der Waals surface area contributed by atoms with Crippen LogP contribution in [0, 0.1) is 0 Å². The molecule has 5 rings (SSSR count). The molecular weight excluding hydrogens is 450 g/mol. The van der Waals surface area contributed by atoms with E-state index in [0.29, 0.717) is 53.2 Å². The maximum absolute atomic E-state index is 13.2. The summed E-state index contributed by atoms with van der Waals surface area (Å²) in [5.74, 6) is 3.47. The Balaban J connectivity index is 1.47. The Hall–Kier alpha value is -4.33. The van der Waals surface area contributed by atoms with Gasteiger partial charge in [-0.3, -0.25) is 4.79 Å². The fourth-order valence-electron chi connectivity index (χ4n) is 4.25. The van der Waals surface area contributed by atoms with Gasteiger partial charge in [-0.25, -0.2) is 0 Å². The van der Waals surface area contributed by atoms with E-state index in [1.807, 2.05) is 30.3 Å². The largest absolute Gasteiger partial charge is 0.497 e. The third-order valence-corrected chi connectivity index (χ3v) is 6.05. The first-order valence-corrected chi connectivity index (χ1v) is 11.0. The number of fused-ring (bicyclic) bond motifs is 3. The van der Waals surface area contributed by atoms with Gasteiger partial charge >= 0.3 is 0 Å². The van der Waals surface area contributed by atoms with Gasteiger partial charge in [0.05, 0.1) is 46.1 Å². The number of allylic oxidation sites excluding steroid dienone is 1. The first kappa shape index (κ1) is 22.5. The predicted molar refractivity (Wildman–Crippen MR) is 130 cm³/mol. The second kappa shape index (κ2) is 9.13. The van der Waals surface area contributed by atoms with Gasteiger partial charge in [-0.2, -0.15) is 0 Å². The van der Waals surface area contributed by atoms with Crippen molar-refractivity contribution in [3.8, 4) is 34.5 Å². The number of Topliss-reactive ketones (excluding diaryl/α,β-unsaturated/α-hetero) is 1. The minimum absolute atomic E-state index is 0.196. The van der Waals surface area contributed by atoms with Crippen LogP contribution in [-0.4, -0.2) is 41.0 Å². The van der Waals surface area contributed by atoms with Crippen LogP contribution in [0.25, 0.3) is 6.08 Å². The molecule has 2 aliphatic rings. The first-order valence-electron chi connectivity index (χ1n) is 11.0. The number of hydrogen-bond acceptors (Lipinski definition) is 8. The Morgan fingerprint density at radius 3 is 2.23 bits per heavy atom. The Morgan fingerprint density at radius 1 is 0.886 bits per heavy atom. The standard InChI is InChI=1S/C27H25NO7/c1-30-18-7-5-17(6-8-18)28-14-20-21(34-15-28)10-9-19-25(29)22(35-26(19)20)11-16-12-23(31-2)27(33-4)24(13-16)32-3/h5-13H,14-15H2,1-4H3/b22-11-. The monoisotopic (exact) mass is 475 g/mol. The summed E-state index contributed by atoms with van der Waals surface area (Å²) in [6.07, 6.45) is 1.67. The number of rotatable bonds is 6. The number of benzene rings is 3. The molecular formula is C27H25NO7. The van der Waals surface area contributed by atoms with Crippen LogP contribution in [0.15, 0.2) is 54.3 Å². The van der Waals surface area contributed by atoms with E-state index in [-0.39, 0.29) is 11.5 Å². The van der Waals surface area contributed by atoms with Gasteiger partial charge in [-0.15, -0.1) is 0 Å². The van der Waals surface area contributed by atoms with E-state index < -0.39 is 0 Å². The minimum atomic E-state index is -0.196. The van der Waals surface area contributed by atoms with Crippen molar-refractivity contribution in [3.05, 3.63) is 71.0 Å². The zero-order valence-corrected chi connectivity index (χ0v) is 19.9. The average Bonchev–Trinajstić information content (AvgIpc) is 3.23. The number of hydrogen-bond donors (Lipinski definition) is 0. The topological polar surface area (TPSA) is 75.7 Å². The van der Waals surface area contributed by atoms with Crippen molar-refractivity contribution in [2.24, 2.45) is 0 Å². The second-order valence-corrected chi connectivity index (χ2v) is 7.99. The fraction of sp³-hybridized carbons (Fsp3) is 0.222. The van der Waals surface area contributed by atoms with Crippen LogP contribution in [0.5, 0.6) is 34.5 Å². The number of methoxy groups -OCH3 is 4. The number of ether oxygens (including phenoxy) is 6. The van der Waals surface area contributed by atoms with Crippen LogP contribution in [0.2, 0.25) is 0 Å². The fourth-order valence-corrected chi connectivity index (χ4v) is 4.25. The van der Waals surface area contributed by atoms with Gasteiger partial charge in [0.25, 0.3) is 0 Å². The zero-order valence-electron chi connectivity index (χ0n) is 19.9. The highest BCUT2D eigenvalue weighted by atomic mass is 16.5. The summed E-state index contributed by atoms with van der Waals surface area (Å²) in [5, 5.41) is 0. The predicted octanol–water partition coefficient (Wildman–Crippen LogP) is 4.69.